The Balaban J connectivity index is 2.91. The third-order valence-electron chi connectivity index (χ3n) is 2.80. The topological polar surface area (TPSA) is 50.7 Å². The molecule has 0 heterocycles. The number of hydrogen-bond donors (Lipinski definition) is 2. The van der Waals surface area contributed by atoms with Gasteiger partial charge in [0.25, 0.3) is 0 Å². The van der Waals surface area contributed by atoms with Crippen LogP contribution in [0.15, 0.2) is 16.6 Å². The molecule has 0 bridgehead atoms. The second kappa shape index (κ2) is 7.53. The molecule has 0 aliphatic heterocycles. The van der Waals surface area contributed by atoms with Crippen LogP contribution < -0.4 is 14.8 Å². The lowest BCUT2D eigenvalue weighted by atomic mass is 10.1. The van der Waals surface area contributed by atoms with Gasteiger partial charge >= 0.3 is 0 Å². The maximum atomic E-state index is 9.25. The van der Waals surface area contributed by atoms with Crippen LogP contribution in [-0.4, -0.2) is 31.0 Å². The minimum absolute atomic E-state index is 0.0606. The maximum Gasteiger partial charge on any atom is 0.163 e. The lowest BCUT2D eigenvalue weighted by Crippen LogP contribution is -2.42. The van der Waals surface area contributed by atoms with E-state index in [0.29, 0.717) is 18.0 Å². The summed E-state index contributed by atoms with van der Waals surface area (Å²) in [4.78, 5) is 0. The van der Waals surface area contributed by atoms with Crippen molar-refractivity contribution < 1.29 is 14.6 Å². The predicted octanol–water partition coefficient (Wildman–Crippen LogP) is 2.33. The van der Waals surface area contributed by atoms with Crippen molar-refractivity contribution in [3.63, 3.8) is 0 Å². The highest BCUT2D eigenvalue weighted by atomic mass is 79.9. The lowest BCUT2D eigenvalue weighted by molar-refractivity contribution is 0.187. The minimum atomic E-state index is -0.342. The third-order valence-corrected chi connectivity index (χ3v) is 3.53. The van der Waals surface area contributed by atoms with Gasteiger partial charge in [0.1, 0.15) is 6.61 Å². The summed E-state index contributed by atoms with van der Waals surface area (Å²) in [5.74, 6) is 3.65. The van der Waals surface area contributed by atoms with Crippen LogP contribution in [0.25, 0.3) is 0 Å². The SMILES string of the molecule is C#CCOc1cc(Br)c(CNC(C)(C)CO)cc1OC. The summed E-state index contributed by atoms with van der Waals surface area (Å²) >= 11 is 3.50. The molecule has 2 N–H and O–H groups in total. The number of aliphatic hydroxyl groups excluding tert-OH is 1. The molecule has 110 valence electrons. The molecule has 0 atom stereocenters. The van der Waals surface area contributed by atoms with Gasteiger partial charge in [0, 0.05) is 16.6 Å². The van der Waals surface area contributed by atoms with Crippen LogP contribution >= 0.6 is 15.9 Å². The van der Waals surface area contributed by atoms with Crippen LogP contribution in [0, 0.1) is 12.3 Å². The third kappa shape index (κ3) is 4.71. The molecule has 1 aromatic rings. The summed E-state index contributed by atoms with van der Waals surface area (Å²) in [6.07, 6.45) is 5.19. The minimum Gasteiger partial charge on any atom is -0.493 e. The highest BCUT2D eigenvalue weighted by molar-refractivity contribution is 9.10. The number of halogens is 1. The smallest absolute Gasteiger partial charge is 0.163 e. The average Bonchev–Trinajstić information content (AvgIpc) is 2.43. The van der Waals surface area contributed by atoms with Crippen molar-refractivity contribution in [2.45, 2.75) is 25.9 Å². The highest BCUT2D eigenvalue weighted by Gasteiger charge is 2.17. The summed E-state index contributed by atoms with van der Waals surface area (Å²) in [5, 5.41) is 12.5. The van der Waals surface area contributed by atoms with Crippen LogP contribution in [0.3, 0.4) is 0 Å². The molecule has 20 heavy (non-hydrogen) atoms. The fourth-order valence-corrected chi connectivity index (χ4v) is 1.96. The molecule has 0 saturated carbocycles. The normalized spacial score (nSPS) is 11.0. The van der Waals surface area contributed by atoms with E-state index in [-0.39, 0.29) is 18.8 Å². The molecule has 0 radical (unpaired) electrons. The van der Waals surface area contributed by atoms with Crippen molar-refractivity contribution in [2.24, 2.45) is 0 Å². The number of terminal acetylenes is 1. The maximum absolute atomic E-state index is 9.25. The Labute approximate surface area is 128 Å². The highest BCUT2D eigenvalue weighted by Crippen LogP contribution is 2.33. The van der Waals surface area contributed by atoms with E-state index in [0.717, 1.165) is 10.0 Å². The van der Waals surface area contributed by atoms with Gasteiger partial charge in [0.15, 0.2) is 11.5 Å². The van der Waals surface area contributed by atoms with Gasteiger partial charge in [-0.2, -0.15) is 0 Å². The second-order valence-electron chi connectivity index (χ2n) is 4.98. The van der Waals surface area contributed by atoms with Crippen LogP contribution in [0.1, 0.15) is 19.4 Å². The Morgan fingerprint density at radius 2 is 2.10 bits per heavy atom. The number of hydrogen-bond acceptors (Lipinski definition) is 4. The Morgan fingerprint density at radius 1 is 1.40 bits per heavy atom. The molecule has 0 aromatic heterocycles. The average molecular weight is 342 g/mol. The molecule has 0 aliphatic carbocycles. The van der Waals surface area contributed by atoms with E-state index < -0.39 is 0 Å². The monoisotopic (exact) mass is 341 g/mol. The molecule has 0 unspecified atom stereocenters. The fraction of sp³-hybridized carbons (Fsp3) is 0.467. The Kier molecular flexibility index (Phi) is 6.34. The first-order valence-corrected chi connectivity index (χ1v) is 7.01. The molecular formula is C15H20BrNO3. The number of nitrogens with one attached hydrogen (secondary N) is 1. The van der Waals surface area contributed by atoms with Crippen molar-refractivity contribution in [3.8, 4) is 23.8 Å². The van der Waals surface area contributed by atoms with E-state index in [4.69, 9.17) is 15.9 Å². The van der Waals surface area contributed by atoms with E-state index in [2.05, 4.69) is 27.2 Å². The van der Waals surface area contributed by atoms with E-state index in [1.54, 1.807) is 7.11 Å². The first-order valence-electron chi connectivity index (χ1n) is 6.22. The predicted molar refractivity (Wildman–Crippen MR) is 83.0 cm³/mol. The molecule has 4 nitrogen and oxygen atoms in total. The molecule has 0 saturated heterocycles. The van der Waals surface area contributed by atoms with Gasteiger partial charge in [0.2, 0.25) is 0 Å². The van der Waals surface area contributed by atoms with Gasteiger partial charge in [-0.3, -0.25) is 0 Å². The molecule has 1 rings (SSSR count). The first-order chi connectivity index (χ1) is 9.43. The standard InChI is InChI=1S/C15H20BrNO3/c1-5-6-20-14-8-12(16)11(7-13(14)19-4)9-17-15(2,3)10-18/h1,7-8,17-18H,6,9-10H2,2-4H3. The van der Waals surface area contributed by atoms with E-state index >= 15 is 0 Å². The number of rotatable bonds is 7. The molecule has 0 fully saturated rings. The van der Waals surface area contributed by atoms with Crippen LogP contribution in [0.5, 0.6) is 11.5 Å². The van der Waals surface area contributed by atoms with Crippen molar-refractivity contribution in [2.75, 3.05) is 20.3 Å². The largest absolute Gasteiger partial charge is 0.493 e. The van der Waals surface area contributed by atoms with Gasteiger partial charge in [-0.25, -0.2) is 0 Å². The number of methoxy groups -OCH3 is 1. The van der Waals surface area contributed by atoms with Gasteiger partial charge in [-0.1, -0.05) is 21.9 Å². The van der Waals surface area contributed by atoms with Gasteiger partial charge in [-0.05, 0) is 31.5 Å². The van der Waals surface area contributed by atoms with Crippen molar-refractivity contribution in [1.29, 1.82) is 0 Å². The molecule has 0 spiro atoms. The quantitative estimate of drug-likeness (QED) is 0.747. The lowest BCUT2D eigenvalue weighted by Gasteiger charge is -2.24. The van der Waals surface area contributed by atoms with Crippen LogP contribution in [0.4, 0.5) is 0 Å². The van der Waals surface area contributed by atoms with Gasteiger partial charge < -0.3 is 19.9 Å². The van der Waals surface area contributed by atoms with E-state index in [9.17, 15) is 5.11 Å². The van der Waals surface area contributed by atoms with Gasteiger partial charge in [0.05, 0.1) is 13.7 Å². The molecule has 1 aromatic carbocycles. The number of ether oxygens (including phenoxy) is 2. The van der Waals surface area contributed by atoms with E-state index in [1.165, 1.54) is 0 Å². The van der Waals surface area contributed by atoms with Gasteiger partial charge in [-0.15, -0.1) is 6.42 Å². The van der Waals surface area contributed by atoms with E-state index in [1.807, 2.05) is 26.0 Å². The Hall–Kier alpha value is -1.22. The Morgan fingerprint density at radius 3 is 2.65 bits per heavy atom. The first kappa shape index (κ1) is 16.8. The zero-order valence-corrected chi connectivity index (χ0v) is 13.6. The van der Waals surface area contributed by atoms with Crippen molar-refractivity contribution in [3.05, 3.63) is 22.2 Å². The zero-order chi connectivity index (χ0) is 15.2. The number of benzene rings is 1. The summed E-state index contributed by atoms with van der Waals surface area (Å²) < 4.78 is 11.6. The fourth-order valence-electron chi connectivity index (χ4n) is 1.49. The Bertz CT molecular complexity index is 495. The molecule has 0 amide bonds. The molecule has 0 aliphatic rings. The zero-order valence-electron chi connectivity index (χ0n) is 12.0. The summed E-state index contributed by atoms with van der Waals surface area (Å²) in [6.45, 7) is 4.72. The second-order valence-corrected chi connectivity index (χ2v) is 5.84. The molecule has 5 heteroatoms. The van der Waals surface area contributed by atoms with Crippen molar-refractivity contribution in [1.82, 2.24) is 5.32 Å². The van der Waals surface area contributed by atoms with Crippen molar-refractivity contribution >= 4 is 15.9 Å². The summed E-state index contributed by atoms with van der Waals surface area (Å²) in [6, 6.07) is 3.72. The summed E-state index contributed by atoms with van der Waals surface area (Å²) in [5.41, 5.74) is 0.669. The van der Waals surface area contributed by atoms with Crippen LogP contribution in [0.2, 0.25) is 0 Å². The molecular weight excluding hydrogens is 322 g/mol. The summed E-state index contributed by atoms with van der Waals surface area (Å²) in [7, 11) is 1.58. The van der Waals surface area contributed by atoms with Crippen LogP contribution in [-0.2, 0) is 6.54 Å². The number of aliphatic hydroxyl groups is 1.